The average Bonchev–Trinajstić information content (AvgIpc) is 2.53. The first-order chi connectivity index (χ1) is 10.5. The van der Waals surface area contributed by atoms with Gasteiger partial charge < -0.3 is 10.1 Å². The molecule has 1 saturated heterocycles. The molecule has 1 fully saturated rings. The molecule has 1 aromatic rings. The number of benzene rings is 1. The van der Waals surface area contributed by atoms with Crippen LogP contribution in [0.4, 0.5) is 4.39 Å². The van der Waals surface area contributed by atoms with Gasteiger partial charge in [0.2, 0.25) is 15.9 Å². The fraction of sp³-hybridized carbons (Fsp3) is 0.500. The number of morpholine rings is 1. The largest absolute Gasteiger partial charge is 0.379 e. The Morgan fingerprint density at radius 3 is 2.50 bits per heavy atom. The number of carbonyl (C=O) groups excluding carboxylic acids is 1. The summed E-state index contributed by atoms with van der Waals surface area (Å²) in [5.74, 6) is -0.907. The number of hydrogen-bond acceptors (Lipinski definition) is 4. The van der Waals surface area contributed by atoms with Gasteiger partial charge >= 0.3 is 0 Å². The summed E-state index contributed by atoms with van der Waals surface area (Å²) in [6.07, 6.45) is -0.0963. The van der Waals surface area contributed by atoms with E-state index >= 15 is 0 Å². The third kappa shape index (κ3) is 5.04. The molecule has 0 radical (unpaired) electrons. The number of ether oxygens (including phenoxy) is 1. The molecule has 1 aliphatic heterocycles. The topological polar surface area (TPSA) is 75.7 Å². The van der Waals surface area contributed by atoms with Gasteiger partial charge in [0.15, 0.2) is 0 Å². The molecule has 0 aliphatic carbocycles. The van der Waals surface area contributed by atoms with Crippen molar-refractivity contribution < 1.29 is 22.3 Å². The lowest BCUT2D eigenvalue weighted by Crippen LogP contribution is -2.42. The Balaban J connectivity index is 1.76. The number of rotatable bonds is 6. The summed E-state index contributed by atoms with van der Waals surface area (Å²) in [4.78, 5) is 11.7. The van der Waals surface area contributed by atoms with E-state index in [-0.39, 0.29) is 30.4 Å². The fourth-order valence-corrected chi connectivity index (χ4v) is 3.47. The van der Waals surface area contributed by atoms with Crippen LogP contribution in [0.2, 0.25) is 0 Å². The molecule has 1 aromatic carbocycles. The van der Waals surface area contributed by atoms with Gasteiger partial charge in [-0.3, -0.25) is 4.79 Å². The molecule has 22 heavy (non-hydrogen) atoms. The van der Waals surface area contributed by atoms with Crippen molar-refractivity contribution in [3.8, 4) is 0 Å². The van der Waals surface area contributed by atoms with E-state index in [1.807, 2.05) is 0 Å². The van der Waals surface area contributed by atoms with E-state index in [1.54, 1.807) is 12.1 Å². The Morgan fingerprint density at radius 1 is 1.23 bits per heavy atom. The normalized spacial score (nSPS) is 16.4. The number of halogens is 1. The molecule has 6 nitrogen and oxygen atoms in total. The Kier molecular flexibility index (Phi) is 5.87. The van der Waals surface area contributed by atoms with Crippen LogP contribution >= 0.6 is 0 Å². The third-order valence-electron chi connectivity index (χ3n) is 3.35. The third-order valence-corrected chi connectivity index (χ3v) is 5.23. The zero-order valence-corrected chi connectivity index (χ0v) is 12.9. The van der Waals surface area contributed by atoms with Crippen molar-refractivity contribution in [3.63, 3.8) is 0 Å². The minimum atomic E-state index is -3.42. The van der Waals surface area contributed by atoms with Gasteiger partial charge in [-0.2, -0.15) is 4.31 Å². The molecule has 0 bridgehead atoms. The average molecular weight is 330 g/mol. The van der Waals surface area contributed by atoms with Crippen molar-refractivity contribution >= 4 is 15.9 Å². The summed E-state index contributed by atoms with van der Waals surface area (Å²) in [6.45, 7) is 1.68. The van der Waals surface area contributed by atoms with Gasteiger partial charge in [0.05, 0.1) is 19.0 Å². The van der Waals surface area contributed by atoms with Crippen molar-refractivity contribution in [2.75, 3.05) is 32.1 Å². The Morgan fingerprint density at radius 2 is 1.86 bits per heavy atom. The van der Waals surface area contributed by atoms with Gasteiger partial charge in [-0.25, -0.2) is 12.8 Å². The molecule has 122 valence electrons. The van der Waals surface area contributed by atoms with Crippen LogP contribution in [-0.2, 0) is 26.1 Å². The zero-order chi connectivity index (χ0) is 16.0. The first kappa shape index (κ1) is 16.9. The van der Waals surface area contributed by atoms with Crippen molar-refractivity contribution in [2.45, 2.75) is 13.0 Å². The van der Waals surface area contributed by atoms with Crippen molar-refractivity contribution in [3.05, 3.63) is 35.6 Å². The summed E-state index contributed by atoms with van der Waals surface area (Å²) in [7, 11) is -3.42. The van der Waals surface area contributed by atoms with Crippen molar-refractivity contribution in [1.82, 2.24) is 9.62 Å². The van der Waals surface area contributed by atoms with Crippen LogP contribution in [0.15, 0.2) is 24.3 Å². The fourth-order valence-electron chi connectivity index (χ4n) is 2.07. The minimum Gasteiger partial charge on any atom is -0.379 e. The monoisotopic (exact) mass is 330 g/mol. The number of sulfonamides is 1. The highest BCUT2D eigenvalue weighted by Crippen LogP contribution is 2.07. The van der Waals surface area contributed by atoms with Crippen LogP contribution in [0.3, 0.4) is 0 Å². The summed E-state index contributed by atoms with van der Waals surface area (Å²) >= 11 is 0. The standard InChI is InChI=1S/C14H19FN2O4S/c15-13-3-1-12(2-4-13)11-16-14(18)5-10-22(19,20)17-6-8-21-9-7-17/h1-4H,5-11H2,(H,16,18). The minimum absolute atomic E-state index is 0.0963. The maximum absolute atomic E-state index is 12.7. The smallest absolute Gasteiger partial charge is 0.221 e. The highest BCUT2D eigenvalue weighted by molar-refractivity contribution is 7.89. The van der Waals surface area contributed by atoms with Gasteiger partial charge in [0.25, 0.3) is 0 Å². The van der Waals surface area contributed by atoms with Crippen LogP contribution in [0.25, 0.3) is 0 Å². The summed E-state index contributed by atoms with van der Waals surface area (Å²) < 4.78 is 43.3. The highest BCUT2D eigenvalue weighted by atomic mass is 32.2. The number of amides is 1. The van der Waals surface area contributed by atoms with Crippen LogP contribution in [0.5, 0.6) is 0 Å². The Hall–Kier alpha value is -1.51. The molecule has 8 heteroatoms. The molecule has 2 rings (SSSR count). The molecule has 0 saturated carbocycles. The van der Waals surface area contributed by atoms with Gasteiger partial charge in [0.1, 0.15) is 5.82 Å². The second kappa shape index (κ2) is 7.66. The zero-order valence-electron chi connectivity index (χ0n) is 12.1. The second-order valence-corrected chi connectivity index (χ2v) is 7.07. The number of nitrogens with zero attached hydrogens (tertiary/aromatic N) is 1. The number of nitrogens with one attached hydrogen (secondary N) is 1. The van der Waals surface area contributed by atoms with E-state index < -0.39 is 10.0 Å². The summed E-state index contributed by atoms with van der Waals surface area (Å²) in [6, 6.07) is 5.76. The first-order valence-electron chi connectivity index (χ1n) is 7.04. The molecule has 1 aliphatic rings. The molecule has 0 unspecified atom stereocenters. The lowest BCUT2D eigenvalue weighted by molar-refractivity contribution is -0.120. The molecule has 1 N–H and O–H groups in total. The van der Waals surface area contributed by atoms with Crippen molar-refractivity contribution in [1.29, 1.82) is 0 Å². The molecule has 1 heterocycles. The predicted octanol–water partition coefficient (Wildman–Crippen LogP) is 0.494. The summed E-state index contributed by atoms with van der Waals surface area (Å²) in [5.41, 5.74) is 0.755. The van der Waals surface area contributed by atoms with Crippen LogP contribution < -0.4 is 5.32 Å². The molecular formula is C14H19FN2O4S. The Labute approximate surface area is 129 Å². The van der Waals surface area contributed by atoms with E-state index in [1.165, 1.54) is 16.4 Å². The lowest BCUT2D eigenvalue weighted by Gasteiger charge is -2.25. The Bertz CT molecular complexity index is 598. The van der Waals surface area contributed by atoms with Gasteiger partial charge in [-0.15, -0.1) is 0 Å². The van der Waals surface area contributed by atoms with E-state index in [0.29, 0.717) is 26.3 Å². The molecular weight excluding hydrogens is 311 g/mol. The first-order valence-corrected chi connectivity index (χ1v) is 8.65. The lowest BCUT2D eigenvalue weighted by atomic mass is 10.2. The molecule has 1 amide bonds. The predicted molar refractivity (Wildman–Crippen MR) is 79.0 cm³/mol. The highest BCUT2D eigenvalue weighted by Gasteiger charge is 2.24. The van der Waals surface area contributed by atoms with Crippen LogP contribution in [-0.4, -0.2) is 50.7 Å². The number of carbonyl (C=O) groups is 1. The second-order valence-electron chi connectivity index (χ2n) is 4.98. The maximum atomic E-state index is 12.7. The van der Waals surface area contributed by atoms with E-state index in [9.17, 15) is 17.6 Å². The number of hydrogen-bond donors (Lipinski definition) is 1. The van der Waals surface area contributed by atoms with Gasteiger partial charge in [0, 0.05) is 26.1 Å². The molecule has 0 atom stereocenters. The quantitative estimate of drug-likeness (QED) is 0.824. The van der Waals surface area contributed by atoms with Gasteiger partial charge in [-0.05, 0) is 17.7 Å². The van der Waals surface area contributed by atoms with E-state index in [0.717, 1.165) is 5.56 Å². The van der Waals surface area contributed by atoms with Crippen molar-refractivity contribution in [2.24, 2.45) is 0 Å². The van der Waals surface area contributed by atoms with Gasteiger partial charge in [-0.1, -0.05) is 12.1 Å². The van der Waals surface area contributed by atoms with Crippen LogP contribution in [0.1, 0.15) is 12.0 Å². The summed E-state index contributed by atoms with van der Waals surface area (Å²) in [5, 5.41) is 2.62. The SMILES string of the molecule is O=C(CCS(=O)(=O)N1CCOCC1)NCc1ccc(F)cc1. The van der Waals surface area contributed by atoms with E-state index in [4.69, 9.17) is 4.74 Å². The maximum Gasteiger partial charge on any atom is 0.221 e. The van der Waals surface area contributed by atoms with Crippen LogP contribution in [0, 0.1) is 5.82 Å². The molecule has 0 aromatic heterocycles. The van der Waals surface area contributed by atoms with E-state index in [2.05, 4.69) is 5.32 Å². The molecule has 0 spiro atoms.